The van der Waals surface area contributed by atoms with E-state index in [2.05, 4.69) is 20.4 Å². The summed E-state index contributed by atoms with van der Waals surface area (Å²) in [4.78, 5) is 4.37. The standard InChI is InChI=1S/C20H31F2N3O4.HI/c1-2-23-20(24-10-4-11-27-14-17-5-3-12-28-17)25-13-18(26)15-6-8-16(9-7-15)29-19(21)22;/h6-9,17-19,26H,2-5,10-14H2,1H3,(H2,23,24,25);1H. The summed E-state index contributed by atoms with van der Waals surface area (Å²) in [5.74, 6) is 0.652. The first-order valence-electron chi connectivity index (χ1n) is 10.0. The van der Waals surface area contributed by atoms with Gasteiger partial charge in [-0.15, -0.1) is 24.0 Å². The van der Waals surface area contributed by atoms with Gasteiger partial charge in [0.2, 0.25) is 0 Å². The van der Waals surface area contributed by atoms with Gasteiger partial charge in [-0.25, -0.2) is 0 Å². The maximum absolute atomic E-state index is 12.2. The van der Waals surface area contributed by atoms with Crippen LogP contribution in [0, 0.1) is 0 Å². The van der Waals surface area contributed by atoms with Crippen LogP contribution in [0.15, 0.2) is 29.3 Å². The van der Waals surface area contributed by atoms with Gasteiger partial charge in [0.05, 0.1) is 25.4 Å². The molecule has 172 valence electrons. The molecule has 1 aliphatic heterocycles. The summed E-state index contributed by atoms with van der Waals surface area (Å²) < 4.78 is 39.8. The number of halogens is 3. The van der Waals surface area contributed by atoms with Gasteiger partial charge in [-0.1, -0.05) is 12.1 Å². The van der Waals surface area contributed by atoms with Crippen LogP contribution >= 0.6 is 24.0 Å². The molecule has 3 N–H and O–H groups in total. The first kappa shape index (κ1) is 26.8. The molecule has 0 aromatic heterocycles. The topological polar surface area (TPSA) is 84.3 Å². The third kappa shape index (κ3) is 10.7. The number of alkyl halides is 2. The normalized spacial score (nSPS) is 17.5. The van der Waals surface area contributed by atoms with Crippen LogP contribution < -0.4 is 15.4 Å². The smallest absolute Gasteiger partial charge is 0.387 e. The van der Waals surface area contributed by atoms with Gasteiger partial charge < -0.3 is 30.0 Å². The summed E-state index contributed by atoms with van der Waals surface area (Å²) in [6, 6.07) is 5.89. The van der Waals surface area contributed by atoms with Crippen LogP contribution in [-0.2, 0) is 9.47 Å². The average Bonchev–Trinajstić information content (AvgIpc) is 3.22. The number of aliphatic hydroxyl groups is 1. The number of guanidine groups is 1. The first-order valence-corrected chi connectivity index (χ1v) is 10.0. The van der Waals surface area contributed by atoms with Gasteiger partial charge in [0.1, 0.15) is 5.75 Å². The fourth-order valence-electron chi connectivity index (χ4n) is 2.87. The molecule has 0 radical (unpaired) electrons. The van der Waals surface area contributed by atoms with Gasteiger partial charge in [0, 0.05) is 26.3 Å². The molecule has 2 atom stereocenters. The number of benzene rings is 1. The van der Waals surface area contributed by atoms with Crippen LogP contribution in [0.1, 0.15) is 37.9 Å². The summed E-state index contributed by atoms with van der Waals surface area (Å²) >= 11 is 0. The van der Waals surface area contributed by atoms with E-state index in [9.17, 15) is 13.9 Å². The highest BCUT2D eigenvalue weighted by molar-refractivity contribution is 14.0. The van der Waals surface area contributed by atoms with E-state index in [0.29, 0.717) is 37.8 Å². The fourth-order valence-corrected chi connectivity index (χ4v) is 2.87. The molecule has 1 aromatic rings. The van der Waals surface area contributed by atoms with E-state index >= 15 is 0 Å². The molecule has 0 amide bonds. The largest absolute Gasteiger partial charge is 0.435 e. The fraction of sp³-hybridized carbons (Fsp3) is 0.650. The van der Waals surface area contributed by atoms with Crippen molar-refractivity contribution in [3.8, 4) is 5.75 Å². The quantitative estimate of drug-likeness (QED) is 0.163. The maximum atomic E-state index is 12.2. The van der Waals surface area contributed by atoms with Crippen LogP contribution in [0.2, 0.25) is 0 Å². The van der Waals surface area contributed by atoms with Crippen molar-refractivity contribution < 1.29 is 28.1 Å². The minimum Gasteiger partial charge on any atom is -0.435 e. The predicted octanol–water partition coefficient (Wildman–Crippen LogP) is 3.08. The molecule has 30 heavy (non-hydrogen) atoms. The summed E-state index contributed by atoms with van der Waals surface area (Å²) in [5, 5.41) is 16.6. The third-order valence-corrected chi connectivity index (χ3v) is 4.34. The lowest BCUT2D eigenvalue weighted by Crippen LogP contribution is -2.38. The Labute approximate surface area is 193 Å². The van der Waals surface area contributed by atoms with Crippen LogP contribution in [0.3, 0.4) is 0 Å². The van der Waals surface area contributed by atoms with Crippen molar-refractivity contribution in [2.75, 3.05) is 39.5 Å². The number of nitrogens with zero attached hydrogens (tertiary/aromatic N) is 1. The predicted molar refractivity (Wildman–Crippen MR) is 122 cm³/mol. The average molecular weight is 543 g/mol. The minimum absolute atomic E-state index is 0. The number of ether oxygens (including phenoxy) is 3. The second-order valence-electron chi connectivity index (χ2n) is 6.67. The molecule has 0 saturated carbocycles. The Kier molecular flexibility index (Phi) is 13.9. The van der Waals surface area contributed by atoms with E-state index in [-0.39, 0.29) is 42.4 Å². The molecule has 0 bridgehead atoms. The van der Waals surface area contributed by atoms with Crippen LogP contribution in [0.5, 0.6) is 5.75 Å². The number of aliphatic hydroxyl groups excluding tert-OH is 1. The van der Waals surface area contributed by atoms with Gasteiger partial charge in [-0.05, 0) is 43.9 Å². The lowest BCUT2D eigenvalue weighted by molar-refractivity contribution is -0.0498. The van der Waals surface area contributed by atoms with Crippen molar-refractivity contribution in [1.29, 1.82) is 0 Å². The van der Waals surface area contributed by atoms with Gasteiger partial charge in [0.15, 0.2) is 5.96 Å². The number of hydrogen-bond acceptors (Lipinski definition) is 5. The van der Waals surface area contributed by atoms with Crippen LogP contribution in [0.4, 0.5) is 8.78 Å². The zero-order chi connectivity index (χ0) is 20.9. The number of nitrogens with one attached hydrogen (secondary N) is 2. The number of aliphatic imine (C=N–C) groups is 1. The van der Waals surface area contributed by atoms with E-state index in [0.717, 1.165) is 25.9 Å². The second-order valence-corrected chi connectivity index (χ2v) is 6.67. The highest BCUT2D eigenvalue weighted by Crippen LogP contribution is 2.19. The van der Waals surface area contributed by atoms with Crippen LogP contribution in [-0.4, -0.2) is 63.2 Å². The molecule has 1 fully saturated rings. The molecule has 1 heterocycles. The van der Waals surface area contributed by atoms with Crippen molar-refractivity contribution >= 4 is 29.9 Å². The lowest BCUT2D eigenvalue weighted by Gasteiger charge is -2.14. The van der Waals surface area contributed by atoms with Gasteiger partial charge >= 0.3 is 6.61 Å². The van der Waals surface area contributed by atoms with E-state index in [1.165, 1.54) is 12.1 Å². The summed E-state index contributed by atoms with van der Waals surface area (Å²) in [7, 11) is 0. The van der Waals surface area contributed by atoms with Gasteiger partial charge in [0.25, 0.3) is 0 Å². The van der Waals surface area contributed by atoms with E-state index in [1.54, 1.807) is 12.1 Å². The zero-order valence-electron chi connectivity index (χ0n) is 17.2. The highest BCUT2D eigenvalue weighted by Gasteiger charge is 2.15. The molecule has 1 saturated heterocycles. The summed E-state index contributed by atoms with van der Waals surface area (Å²) in [6.45, 7) is 2.72. The monoisotopic (exact) mass is 543 g/mol. The molecule has 1 aliphatic rings. The Hall–Kier alpha value is -1.24. The van der Waals surface area contributed by atoms with Crippen molar-refractivity contribution in [2.45, 2.75) is 45.0 Å². The Bertz CT molecular complexity index is 602. The van der Waals surface area contributed by atoms with Crippen molar-refractivity contribution in [1.82, 2.24) is 10.6 Å². The van der Waals surface area contributed by atoms with E-state index < -0.39 is 12.7 Å². The molecule has 2 rings (SSSR count). The van der Waals surface area contributed by atoms with Crippen LogP contribution in [0.25, 0.3) is 0 Å². The first-order chi connectivity index (χ1) is 14.1. The zero-order valence-corrected chi connectivity index (χ0v) is 19.5. The molecule has 10 heteroatoms. The lowest BCUT2D eigenvalue weighted by atomic mass is 10.1. The molecular weight excluding hydrogens is 511 g/mol. The third-order valence-electron chi connectivity index (χ3n) is 4.34. The van der Waals surface area contributed by atoms with Crippen molar-refractivity contribution in [2.24, 2.45) is 4.99 Å². The Morgan fingerprint density at radius 2 is 2.07 bits per heavy atom. The number of hydrogen-bond donors (Lipinski definition) is 3. The molecule has 0 spiro atoms. The Balaban J connectivity index is 0.00000450. The second kappa shape index (κ2) is 15.5. The highest BCUT2D eigenvalue weighted by atomic mass is 127. The molecule has 7 nitrogen and oxygen atoms in total. The molecule has 0 aliphatic carbocycles. The molecular formula is C20H32F2IN3O4. The minimum atomic E-state index is -2.87. The SMILES string of the molecule is CCNC(=NCC(O)c1ccc(OC(F)F)cc1)NCCCOCC1CCCO1.I. The number of rotatable bonds is 12. The Morgan fingerprint density at radius 1 is 1.30 bits per heavy atom. The van der Waals surface area contributed by atoms with Gasteiger partial charge in [-0.3, -0.25) is 4.99 Å². The summed E-state index contributed by atoms with van der Waals surface area (Å²) in [5.41, 5.74) is 0.578. The van der Waals surface area contributed by atoms with Crippen molar-refractivity contribution in [3.05, 3.63) is 29.8 Å². The molecule has 2 unspecified atom stereocenters. The van der Waals surface area contributed by atoms with E-state index in [4.69, 9.17) is 9.47 Å². The Morgan fingerprint density at radius 3 is 2.70 bits per heavy atom. The van der Waals surface area contributed by atoms with Crippen molar-refractivity contribution in [3.63, 3.8) is 0 Å². The maximum Gasteiger partial charge on any atom is 0.387 e. The van der Waals surface area contributed by atoms with Gasteiger partial charge in [-0.2, -0.15) is 8.78 Å². The summed E-state index contributed by atoms with van der Waals surface area (Å²) in [6.07, 6.45) is 2.39. The molecule has 1 aromatic carbocycles. The van der Waals surface area contributed by atoms with E-state index in [1.807, 2.05) is 6.92 Å².